The Morgan fingerprint density at radius 2 is 2.07 bits per heavy atom. The molecule has 0 aliphatic heterocycles. The minimum Gasteiger partial charge on any atom is -0.325 e. The number of rotatable bonds is 7. The summed E-state index contributed by atoms with van der Waals surface area (Å²) in [6, 6.07) is 14.3. The molecule has 0 radical (unpaired) electrons. The third-order valence-electron chi connectivity index (χ3n) is 3.97. The van der Waals surface area contributed by atoms with Gasteiger partial charge >= 0.3 is 0 Å². The summed E-state index contributed by atoms with van der Waals surface area (Å²) < 4.78 is 27.5. The van der Waals surface area contributed by atoms with Crippen LogP contribution < -0.4 is 5.32 Å². The van der Waals surface area contributed by atoms with Gasteiger partial charge in [0.05, 0.1) is 5.69 Å². The SMILES string of the molecule is Cc1cccc(-c2n[nH]c(=S)n2CCC(=O)Nc2ccccc2SC(F)F)c1. The van der Waals surface area contributed by atoms with Gasteiger partial charge in [0.1, 0.15) is 0 Å². The van der Waals surface area contributed by atoms with Gasteiger partial charge in [0.25, 0.3) is 5.76 Å². The molecular formula is C19H18F2N4OS2. The smallest absolute Gasteiger partial charge is 0.288 e. The minimum atomic E-state index is -2.56. The Labute approximate surface area is 170 Å². The number of thioether (sulfide) groups is 1. The van der Waals surface area contributed by atoms with Crippen molar-refractivity contribution in [1.29, 1.82) is 0 Å². The van der Waals surface area contributed by atoms with E-state index >= 15 is 0 Å². The van der Waals surface area contributed by atoms with E-state index < -0.39 is 5.76 Å². The normalized spacial score (nSPS) is 11.0. The average Bonchev–Trinajstić information content (AvgIpc) is 3.02. The second kappa shape index (κ2) is 9.11. The predicted molar refractivity (Wildman–Crippen MR) is 109 cm³/mol. The molecule has 146 valence electrons. The first-order valence-electron chi connectivity index (χ1n) is 8.50. The molecule has 0 bridgehead atoms. The van der Waals surface area contributed by atoms with E-state index in [1.165, 1.54) is 0 Å². The number of aromatic amines is 1. The molecule has 0 saturated heterocycles. The van der Waals surface area contributed by atoms with Gasteiger partial charge in [-0.1, -0.05) is 47.7 Å². The fourth-order valence-corrected chi connectivity index (χ4v) is 3.54. The van der Waals surface area contributed by atoms with E-state index in [1.54, 1.807) is 28.8 Å². The number of amides is 1. The van der Waals surface area contributed by atoms with Crippen molar-refractivity contribution in [2.75, 3.05) is 5.32 Å². The Kier molecular flexibility index (Phi) is 6.58. The van der Waals surface area contributed by atoms with Crippen LogP contribution in [-0.4, -0.2) is 26.4 Å². The lowest BCUT2D eigenvalue weighted by Crippen LogP contribution is -2.15. The van der Waals surface area contributed by atoms with Crippen LogP contribution in [0.4, 0.5) is 14.5 Å². The maximum absolute atomic E-state index is 12.7. The Hall–Kier alpha value is -2.52. The summed E-state index contributed by atoms with van der Waals surface area (Å²) in [6.45, 7) is 2.30. The van der Waals surface area contributed by atoms with Gasteiger partial charge in [-0.05, 0) is 37.3 Å². The molecule has 1 amide bonds. The first kappa shape index (κ1) is 20.2. The summed E-state index contributed by atoms with van der Waals surface area (Å²) in [7, 11) is 0. The van der Waals surface area contributed by atoms with Crippen molar-refractivity contribution in [1.82, 2.24) is 14.8 Å². The lowest BCUT2D eigenvalue weighted by atomic mass is 10.1. The molecular weight excluding hydrogens is 402 g/mol. The van der Waals surface area contributed by atoms with Crippen molar-refractivity contribution in [3.05, 3.63) is 58.9 Å². The van der Waals surface area contributed by atoms with E-state index in [4.69, 9.17) is 12.2 Å². The van der Waals surface area contributed by atoms with Crippen molar-refractivity contribution in [3.8, 4) is 11.4 Å². The molecule has 1 heterocycles. The molecule has 3 rings (SSSR count). The number of nitrogens with one attached hydrogen (secondary N) is 2. The maximum Gasteiger partial charge on any atom is 0.288 e. The summed E-state index contributed by atoms with van der Waals surface area (Å²) in [5.41, 5.74) is 2.35. The second-order valence-corrected chi connectivity index (χ2v) is 7.46. The van der Waals surface area contributed by atoms with Crippen molar-refractivity contribution < 1.29 is 13.6 Å². The predicted octanol–water partition coefficient (Wildman–Crippen LogP) is 5.26. The number of alkyl halides is 2. The summed E-state index contributed by atoms with van der Waals surface area (Å²) in [6.07, 6.45) is 0.125. The van der Waals surface area contributed by atoms with Crippen LogP contribution >= 0.6 is 24.0 Å². The van der Waals surface area contributed by atoms with Gasteiger partial charge in [0, 0.05) is 23.4 Å². The van der Waals surface area contributed by atoms with E-state index in [9.17, 15) is 13.6 Å². The molecule has 2 aromatic carbocycles. The molecule has 0 spiro atoms. The van der Waals surface area contributed by atoms with Crippen molar-refractivity contribution in [2.24, 2.45) is 0 Å². The van der Waals surface area contributed by atoms with Crippen molar-refractivity contribution in [2.45, 2.75) is 30.5 Å². The topological polar surface area (TPSA) is 62.7 Å². The Morgan fingerprint density at radius 3 is 2.82 bits per heavy atom. The Morgan fingerprint density at radius 1 is 1.29 bits per heavy atom. The highest BCUT2D eigenvalue weighted by Crippen LogP contribution is 2.31. The molecule has 0 aliphatic rings. The molecule has 3 aromatic rings. The molecule has 0 fully saturated rings. The largest absolute Gasteiger partial charge is 0.325 e. The number of carbonyl (C=O) groups is 1. The number of carbonyl (C=O) groups excluding carboxylic acids is 1. The van der Waals surface area contributed by atoms with E-state index in [-0.39, 0.29) is 12.3 Å². The maximum atomic E-state index is 12.7. The van der Waals surface area contributed by atoms with Crippen LogP contribution in [0.15, 0.2) is 53.4 Å². The van der Waals surface area contributed by atoms with Crippen LogP contribution in [0.5, 0.6) is 0 Å². The summed E-state index contributed by atoms with van der Waals surface area (Å²) >= 11 is 5.68. The fourth-order valence-electron chi connectivity index (χ4n) is 2.72. The first-order valence-corrected chi connectivity index (χ1v) is 9.79. The monoisotopic (exact) mass is 420 g/mol. The van der Waals surface area contributed by atoms with Gasteiger partial charge in [-0.25, -0.2) is 0 Å². The highest BCUT2D eigenvalue weighted by atomic mass is 32.2. The quantitative estimate of drug-likeness (QED) is 0.404. The minimum absolute atomic E-state index is 0.125. The van der Waals surface area contributed by atoms with Crippen LogP contribution in [-0.2, 0) is 11.3 Å². The van der Waals surface area contributed by atoms with Crippen LogP contribution in [0.1, 0.15) is 12.0 Å². The van der Waals surface area contributed by atoms with Crippen LogP contribution in [0, 0.1) is 11.7 Å². The first-order chi connectivity index (χ1) is 13.4. The molecule has 0 unspecified atom stereocenters. The molecule has 0 saturated carbocycles. The van der Waals surface area contributed by atoms with Gasteiger partial charge in [0.15, 0.2) is 10.6 Å². The van der Waals surface area contributed by atoms with Gasteiger partial charge in [-0.2, -0.15) is 13.9 Å². The molecule has 1 aromatic heterocycles. The number of aryl methyl sites for hydroxylation is 1. The van der Waals surface area contributed by atoms with Gasteiger partial charge in [-0.3, -0.25) is 14.5 Å². The highest BCUT2D eigenvalue weighted by molar-refractivity contribution is 7.99. The number of benzene rings is 2. The van der Waals surface area contributed by atoms with Gasteiger partial charge < -0.3 is 5.32 Å². The molecule has 5 nitrogen and oxygen atoms in total. The van der Waals surface area contributed by atoms with E-state index in [1.807, 2.05) is 31.2 Å². The fraction of sp³-hybridized carbons (Fsp3) is 0.211. The van der Waals surface area contributed by atoms with E-state index in [2.05, 4.69) is 15.5 Å². The third-order valence-corrected chi connectivity index (χ3v) is 5.07. The lowest BCUT2D eigenvalue weighted by Gasteiger charge is -2.11. The number of halogens is 2. The molecule has 0 aliphatic carbocycles. The third kappa shape index (κ3) is 5.05. The van der Waals surface area contributed by atoms with Crippen molar-refractivity contribution >= 4 is 35.6 Å². The summed E-state index contributed by atoms with van der Waals surface area (Å²) in [4.78, 5) is 12.7. The number of para-hydroxylation sites is 1. The van der Waals surface area contributed by atoms with Gasteiger partial charge in [0.2, 0.25) is 5.91 Å². The van der Waals surface area contributed by atoms with Crippen LogP contribution in [0.3, 0.4) is 0 Å². The molecule has 2 N–H and O–H groups in total. The molecule has 0 atom stereocenters. The Bertz CT molecular complexity index is 1030. The van der Waals surface area contributed by atoms with Gasteiger partial charge in [-0.15, -0.1) is 0 Å². The zero-order valence-electron chi connectivity index (χ0n) is 15.0. The molecule has 28 heavy (non-hydrogen) atoms. The standard InChI is InChI=1S/C19H18F2N4OS2/c1-12-5-4-6-13(11-12)17-23-24-19(27)25(17)10-9-16(26)22-14-7-2-3-8-15(14)28-18(20)21/h2-8,11,18H,9-10H2,1H3,(H,22,26)(H,24,27). The zero-order valence-corrected chi connectivity index (χ0v) is 16.6. The summed E-state index contributed by atoms with van der Waals surface area (Å²) in [5, 5.41) is 9.72. The number of hydrogen-bond acceptors (Lipinski definition) is 4. The number of hydrogen-bond donors (Lipinski definition) is 2. The van der Waals surface area contributed by atoms with E-state index in [0.717, 1.165) is 11.1 Å². The van der Waals surface area contributed by atoms with Crippen LogP contribution in [0.25, 0.3) is 11.4 Å². The van der Waals surface area contributed by atoms with Crippen molar-refractivity contribution in [3.63, 3.8) is 0 Å². The zero-order chi connectivity index (χ0) is 20.1. The molecule has 9 heteroatoms. The van der Waals surface area contributed by atoms with Crippen LogP contribution in [0.2, 0.25) is 0 Å². The number of anilines is 1. The average molecular weight is 421 g/mol. The number of nitrogens with zero attached hydrogens (tertiary/aromatic N) is 2. The second-order valence-electron chi connectivity index (χ2n) is 6.05. The number of aromatic nitrogens is 3. The Balaban J connectivity index is 1.71. The van der Waals surface area contributed by atoms with E-state index in [0.29, 0.717) is 39.5 Å². The highest BCUT2D eigenvalue weighted by Gasteiger charge is 2.14. The lowest BCUT2D eigenvalue weighted by molar-refractivity contribution is -0.116. The summed E-state index contributed by atoms with van der Waals surface area (Å²) in [5.74, 6) is -2.20. The number of H-pyrrole nitrogens is 1.